The summed E-state index contributed by atoms with van der Waals surface area (Å²) in [5.74, 6) is 0.469. The fourth-order valence-electron chi connectivity index (χ4n) is 2.16. The summed E-state index contributed by atoms with van der Waals surface area (Å²) in [5, 5.41) is 5.77. The molecule has 22 heavy (non-hydrogen) atoms. The average Bonchev–Trinajstić information content (AvgIpc) is 2.78. The first-order valence-electron chi connectivity index (χ1n) is 7.14. The molecule has 2 rings (SSSR count). The number of benzene rings is 1. The van der Waals surface area contributed by atoms with Gasteiger partial charge in [0.1, 0.15) is 0 Å². The maximum absolute atomic E-state index is 12.0. The zero-order valence-electron chi connectivity index (χ0n) is 12.6. The quantitative estimate of drug-likeness (QED) is 0.880. The smallest absolute Gasteiger partial charge is 0.319 e. The van der Waals surface area contributed by atoms with Crippen molar-refractivity contribution >= 4 is 39.0 Å². The first-order valence-corrected chi connectivity index (χ1v) is 9.13. The molecule has 1 saturated heterocycles. The molecule has 0 spiro atoms. The van der Waals surface area contributed by atoms with Crippen molar-refractivity contribution < 1.29 is 13.2 Å². The van der Waals surface area contributed by atoms with Crippen molar-refractivity contribution in [3.63, 3.8) is 0 Å². The molecule has 0 aliphatic carbocycles. The van der Waals surface area contributed by atoms with Crippen LogP contribution in [0, 0.1) is 5.92 Å². The van der Waals surface area contributed by atoms with Crippen molar-refractivity contribution in [3.8, 4) is 0 Å². The minimum absolute atomic E-state index is 0.121. The lowest BCUT2D eigenvalue weighted by Crippen LogP contribution is -2.31. The van der Waals surface area contributed by atoms with Crippen LogP contribution in [0.25, 0.3) is 0 Å². The highest BCUT2D eigenvalue weighted by Crippen LogP contribution is 2.33. The summed E-state index contributed by atoms with van der Waals surface area (Å²) in [6, 6.07) is 4.48. The largest absolute Gasteiger partial charge is 0.338 e. The third-order valence-corrected chi connectivity index (χ3v) is 5.42. The summed E-state index contributed by atoms with van der Waals surface area (Å²) in [4.78, 5) is 11.8. The van der Waals surface area contributed by atoms with Gasteiger partial charge in [-0.3, -0.25) is 4.31 Å². The molecular weight excluding hydrogens is 326 g/mol. The van der Waals surface area contributed by atoms with E-state index >= 15 is 0 Å². The number of anilines is 2. The van der Waals surface area contributed by atoms with E-state index in [-0.39, 0.29) is 11.8 Å². The highest BCUT2D eigenvalue weighted by molar-refractivity contribution is 7.93. The second kappa shape index (κ2) is 6.75. The predicted molar refractivity (Wildman–Crippen MR) is 89.1 cm³/mol. The van der Waals surface area contributed by atoms with Crippen LogP contribution in [0.15, 0.2) is 18.2 Å². The molecule has 0 aromatic heterocycles. The number of nitrogens with one attached hydrogen (secondary N) is 2. The Balaban J connectivity index is 2.15. The van der Waals surface area contributed by atoms with E-state index in [4.69, 9.17) is 11.6 Å². The Labute approximate surface area is 135 Å². The monoisotopic (exact) mass is 345 g/mol. The van der Waals surface area contributed by atoms with E-state index < -0.39 is 10.0 Å². The van der Waals surface area contributed by atoms with E-state index in [1.165, 1.54) is 4.31 Å². The van der Waals surface area contributed by atoms with E-state index in [1.54, 1.807) is 18.2 Å². The van der Waals surface area contributed by atoms with Gasteiger partial charge in [0.2, 0.25) is 10.0 Å². The molecule has 1 aromatic carbocycles. The second-order valence-electron chi connectivity index (χ2n) is 5.64. The molecule has 1 heterocycles. The van der Waals surface area contributed by atoms with Gasteiger partial charge in [-0.25, -0.2) is 13.2 Å². The Morgan fingerprint density at radius 1 is 1.41 bits per heavy atom. The Morgan fingerprint density at radius 2 is 2.14 bits per heavy atom. The lowest BCUT2D eigenvalue weighted by molar-refractivity contribution is 0.251. The second-order valence-corrected chi connectivity index (χ2v) is 8.06. The molecule has 0 saturated carbocycles. The first kappa shape index (κ1) is 16.9. The number of nitrogens with zero attached hydrogens (tertiary/aromatic N) is 1. The molecule has 0 bridgehead atoms. The Kier molecular flexibility index (Phi) is 5.18. The van der Waals surface area contributed by atoms with Gasteiger partial charge in [-0.2, -0.15) is 0 Å². The summed E-state index contributed by atoms with van der Waals surface area (Å²) in [6.07, 6.45) is 0.575. The normalized spacial score (nSPS) is 16.8. The van der Waals surface area contributed by atoms with Crippen molar-refractivity contribution in [3.05, 3.63) is 23.2 Å². The van der Waals surface area contributed by atoms with Crippen molar-refractivity contribution in [2.75, 3.05) is 28.5 Å². The molecule has 6 nitrogen and oxygen atoms in total. The van der Waals surface area contributed by atoms with Crippen LogP contribution in [0.5, 0.6) is 0 Å². The Morgan fingerprint density at radius 3 is 2.73 bits per heavy atom. The van der Waals surface area contributed by atoms with Gasteiger partial charge in [0.15, 0.2) is 0 Å². The molecule has 122 valence electrons. The van der Waals surface area contributed by atoms with Crippen LogP contribution in [0.1, 0.15) is 20.3 Å². The van der Waals surface area contributed by atoms with E-state index in [2.05, 4.69) is 10.6 Å². The Hall–Kier alpha value is -1.47. The topological polar surface area (TPSA) is 78.5 Å². The first-order chi connectivity index (χ1) is 10.3. The van der Waals surface area contributed by atoms with Gasteiger partial charge in [0.05, 0.1) is 16.5 Å². The minimum atomic E-state index is -3.31. The zero-order chi connectivity index (χ0) is 16.3. The predicted octanol–water partition coefficient (Wildman–Crippen LogP) is 2.66. The van der Waals surface area contributed by atoms with Gasteiger partial charge >= 0.3 is 6.03 Å². The number of carbonyl (C=O) groups is 1. The third-order valence-electron chi connectivity index (χ3n) is 3.24. The molecular formula is C14H20ClN3O3S. The molecule has 0 radical (unpaired) electrons. The third kappa shape index (κ3) is 4.04. The van der Waals surface area contributed by atoms with Crippen molar-refractivity contribution in [1.82, 2.24) is 5.32 Å². The lowest BCUT2D eigenvalue weighted by Gasteiger charge is -2.19. The van der Waals surface area contributed by atoms with Gasteiger partial charge in [-0.1, -0.05) is 25.4 Å². The highest BCUT2D eigenvalue weighted by atomic mass is 35.5. The number of urea groups is 1. The van der Waals surface area contributed by atoms with Crippen LogP contribution in [0.4, 0.5) is 16.2 Å². The van der Waals surface area contributed by atoms with Crippen LogP contribution >= 0.6 is 11.6 Å². The Bertz CT molecular complexity index is 661. The van der Waals surface area contributed by atoms with Crippen LogP contribution in [0.2, 0.25) is 5.02 Å². The van der Waals surface area contributed by atoms with E-state index in [0.717, 1.165) is 0 Å². The number of hydrogen-bond donors (Lipinski definition) is 2. The van der Waals surface area contributed by atoms with Crippen LogP contribution in [-0.4, -0.2) is 33.3 Å². The maximum atomic E-state index is 12.0. The average molecular weight is 346 g/mol. The maximum Gasteiger partial charge on any atom is 0.319 e. The van der Waals surface area contributed by atoms with Crippen LogP contribution < -0.4 is 14.9 Å². The minimum Gasteiger partial charge on any atom is -0.338 e. The number of rotatable bonds is 4. The standard InChI is InChI=1S/C14H20ClN3O3S/c1-10(2)9-16-14(19)17-11-4-5-12(15)13(8-11)18-6-3-7-22(18,20)21/h4-5,8,10H,3,6-7,9H2,1-2H3,(H2,16,17,19). The molecule has 2 N–H and O–H groups in total. The molecule has 1 fully saturated rings. The number of hydrogen-bond acceptors (Lipinski definition) is 3. The number of sulfonamides is 1. The van der Waals surface area contributed by atoms with E-state index in [1.807, 2.05) is 13.8 Å². The molecule has 0 atom stereocenters. The zero-order valence-corrected chi connectivity index (χ0v) is 14.2. The van der Waals surface area contributed by atoms with Crippen molar-refractivity contribution in [1.29, 1.82) is 0 Å². The molecule has 1 aliphatic rings. The summed E-state index contributed by atoms with van der Waals surface area (Å²) < 4.78 is 25.3. The molecule has 1 aliphatic heterocycles. The van der Waals surface area contributed by atoms with Gasteiger partial charge in [-0.05, 0) is 30.5 Å². The fraction of sp³-hybridized carbons (Fsp3) is 0.500. The van der Waals surface area contributed by atoms with Gasteiger partial charge in [0, 0.05) is 18.8 Å². The lowest BCUT2D eigenvalue weighted by atomic mass is 10.2. The van der Waals surface area contributed by atoms with Gasteiger partial charge < -0.3 is 10.6 Å². The van der Waals surface area contributed by atoms with Crippen LogP contribution in [-0.2, 0) is 10.0 Å². The van der Waals surface area contributed by atoms with E-state index in [9.17, 15) is 13.2 Å². The van der Waals surface area contributed by atoms with E-state index in [0.29, 0.717) is 41.8 Å². The number of halogens is 1. The van der Waals surface area contributed by atoms with Gasteiger partial charge in [-0.15, -0.1) is 0 Å². The summed E-state index contributed by atoms with van der Waals surface area (Å²) in [6.45, 7) is 4.97. The van der Waals surface area contributed by atoms with Crippen molar-refractivity contribution in [2.45, 2.75) is 20.3 Å². The SMILES string of the molecule is CC(C)CNC(=O)Nc1ccc(Cl)c(N2CCCS2(=O)=O)c1. The summed E-state index contributed by atoms with van der Waals surface area (Å²) in [5.41, 5.74) is 0.906. The summed E-state index contributed by atoms with van der Waals surface area (Å²) >= 11 is 6.11. The van der Waals surface area contributed by atoms with Gasteiger partial charge in [0.25, 0.3) is 0 Å². The molecule has 1 aromatic rings. The number of carbonyl (C=O) groups excluding carboxylic acids is 1. The fourth-order valence-corrected chi connectivity index (χ4v) is 4.01. The summed E-state index contributed by atoms with van der Waals surface area (Å²) in [7, 11) is -3.31. The molecule has 2 amide bonds. The highest BCUT2D eigenvalue weighted by Gasteiger charge is 2.30. The molecule has 8 heteroatoms. The van der Waals surface area contributed by atoms with Crippen LogP contribution in [0.3, 0.4) is 0 Å². The molecule has 0 unspecified atom stereocenters. The number of amides is 2. The van der Waals surface area contributed by atoms with Crippen molar-refractivity contribution in [2.24, 2.45) is 5.92 Å².